The molecule has 0 saturated carbocycles. The summed E-state index contributed by atoms with van der Waals surface area (Å²) in [5, 5.41) is 61.1. The van der Waals surface area contributed by atoms with Crippen molar-refractivity contribution in [2.24, 2.45) is 5.92 Å². The van der Waals surface area contributed by atoms with Crippen LogP contribution < -0.4 is 42.0 Å². The average Bonchev–Trinajstić information content (AvgIpc) is 1.97. The Morgan fingerprint density at radius 3 is 2.01 bits per heavy atom. The van der Waals surface area contributed by atoms with Gasteiger partial charge in [0.15, 0.2) is 5.71 Å². The summed E-state index contributed by atoms with van der Waals surface area (Å²) < 4.78 is 11.5. The van der Waals surface area contributed by atoms with Crippen molar-refractivity contribution in [2.45, 2.75) is 177 Å². The van der Waals surface area contributed by atoms with E-state index in [-0.39, 0.29) is 36.0 Å². The number of unbranched alkanes of at least 4 members (excludes halogenated alkanes) is 2. The first-order chi connectivity index (χ1) is 41.3. The summed E-state index contributed by atoms with van der Waals surface area (Å²) in [6, 6.07) is 11.5. The molecule has 1 saturated heterocycles. The highest BCUT2D eigenvalue weighted by molar-refractivity contribution is 7.94. The molecule has 6 amide bonds. The Balaban J connectivity index is 1.10. The number of nitrogens with zero attached hydrogens (tertiary/aromatic N) is 3. The molecule has 3 aromatic rings. The number of rotatable bonds is 31. The van der Waals surface area contributed by atoms with Gasteiger partial charge in [0, 0.05) is 82.7 Å². The van der Waals surface area contributed by atoms with Gasteiger partial charge in [0.05, 0.1) is 35.9 Å². The lowest BCUT2D eigenvalue weighted by Crippen LogP contribution is -2.59. The fourth-order valence-electron chi connectivity index (χ4n) is 11.3. The van der Waals surface area contributed by atoms with Crippen LogP contribution in [0.2, 0.25) is 0 Å². The third kappa shape index (κ3) is 18.0. The minimum absolute atomic E-state index is 0.00149. The molecule has 23 nitrogen and oxygen atoms in total. The number of carbonyl (C=O) groups is 7. The molecule has 6 atom stereocenters. The molecular weight excluding hydrogens is 1160 g/mol. The third-order valence-corrected chi connectivity index (χ3v) is 17.1. The van der Waals surface area contributed by atoms with E-state index in [9.17, 15) is 54.3 Å². The van der Waals surface area contributed by atoms with Crippen molar-refractivity contribution in [2.75, 3.05) is 24.5 Å². The van der Waals surface area contributed by atoms with Crippen LogP contribution in [0, 0.1) is 5.92 Å². The number of likely N-dealkylation sites (N-methyl/N-ethyl adjacent to an activating group) is 1. The highest BCUT2D eigenvalue weighted by Crippen LogP contribution is 2.49. The number of phenols is 1. The predicted octanol–water partition coefficient (Wildman–Crippen LogP) is 5.45. The molecule has 87 heavy (non-hydrogen) atoms. The number of benzene rings is 3. The first kappa shape index (κ1) is 69.0. The van der Waals surface area contributed by atoms with Crippen LogP contribution in [0.15, 0.2) is 107 Å². The maximum Gasteiger partial charge on any atom is 0.305 e. The third-order valence-electron chi connectivity index (χ3n) is 16.0. The van der Waals surface area contributed by atoms with Crippen LogP contribution >= 0.6 is 24.1 Å². The number of carboxylic acids is 1. The van der Waals surface area contributed by atoms with Crippen LogP contribution in [0.4, 0.5) is 11.4 Å². The van der Waals surface area contributed by atoms with Crippen molar-refractivity contribution in [3.05, 3.63) is 113 Å². The Bertz CT molecular complexity index is 3090. The minimum atomic E-state index is -1.59. The molecule has 0 aliphatic carbocycles. The maximum absolute atomic E-state index is 14.2. The molecule has 3 aliphatic rings. The number of anilines is 1. The van der Waals surface area contributed by atoms with E-state index in [0.29, 0.717) is 42.8 Å². The van der Waals surface area contributed by atoms with Crippen molar-refractivity contribution < 1.29 is 77.6 Å². The van der Waals surface area contributed by atoms with Crippen molar-refractivity contribution in [3.8, 4) is 5.75 Å². The SMILES string of the molecule is CCN1/C(=C/C=C/C=C/C2=[N+](CCCCCC(=O)N[C@@H](Cc3ccc(O)cc3)C(=O)N[C@H](C(=O)N[C@@H](C)C(=O)N[C@@H](CC(=O)O)C(=O)N[C@@H](C)C(=O)N3CCC[C@H]3C)C(C)C)c3ccc(SOO[O-])cc3C2(C)C)C(C)(C)c2cc(SOO[O-])ccc21. The molecule has 0 spiro atoms. The molecule has 3 aliphatic heterocycles. The zero-order valence-corrected chi connectivity index (χ0v) is 52.5. The van der Waals surface area contributed by atoms with Crippen LogP contribution in [-0.4, -0.2) is 123 Å². The number of fused-ring (bicyclic) bond motifs is 2. The summed E-state index contributed by atoms with van der Waals surface area (Å²) in [4.78, 5) is 98.7. The van der Waals surface area contributed by atoms with E-state index >= 15 is 0 Å². The highest BCUT2D eigenvalue weighted by atomic mass is 32.2. The molecular formula is C62H81N8O15S2-. The summed E-state index contributed by atoms with van der Waals surface area (Å²) in [6.45, 7) is 20.5. The number of aliphatic carboxylic acids is 1. The monoisotopic (exact) mass is 1240 g/mol. The Morgan fingerprint density at radius 2 is 1.39 bits per heavy atom. The number of allylic oxidation sites excluding steroid dienone is 6. The first-order valence-electron chi connectivity index (χ1n) is 29.2. The molecule has 3 aromatic carbocycles. The Labute approximate surface area is 516 Å². The second-order valence-corrected chi connectivity index (χ2v) is 24.8. The number of amides is 6. The Morgan fingerprint density at radius 1 is 0.747 bits per heavy atom. The van der Waals surface area contributed by atoms with E-state index in [1.165, 1.54) is 26.0 Å². The summed E-state index contributed by atoms with van der Waals surface area (Å²) >= 11 is 1.67. The number of likely N-dealkylation sites (tertiary alicyclic amines) is 1. The summed E-state index contributed by atoms with van der Waals surface area (Å²) in [6.07, 6.45) is 12.8. The van der Waals surface area contributed by atoms with Crippen LogP contribution in [-0.2, 0) is 69.6 Å². The van der Waals surface area contributed by atoms with Gasteiger partial charge in [-0.05, 0) is 133 Å². The first-order valence-corrected chi connectivity index (χ1v) is 30.6. The number of hydrogen-bond acceptors (Lipinski definition) is 17. The Hall–Kier alpha value is -7.10. The van der Waals surface area contributed by atoms with Crippen molar-refractivity contribution in [1.29, 1.82) is 0 Å². The van der Waals surface area contributed by atoms with E-state index in [0.717, 1.165) is 82.3 Å². The fourth-order valence-corrected chi connectivity index (χ4v) is 12.0. The number of carbonyl (C=O) groups excluding carboxylic acids is 6. The van der Waals surface area contributed by atoms with Crippen molar-refractivity contribution >= 4 is 82.6 Å². The van der Waals surface area contributed by atoms with Crippen LogP contribution in [0.3, 0.4) is 0 Å². The van der Waals surface area contributed by atoms with Gasteiger partial charge < -0.3 is 57.1 Å². The van der Waals surface area contributed by atoms with E-state index in [1.54, 1.807) is 30.9 Å². The molecule has 3 heterocycles. The van der Waals surface area contributed by atoms with Gasteiger partial charge in [0.25, 0.3) is 0 Å². The van der Waals surface area contributed by atoms with Gasteiger partial charge in [-0.1, -0.05) is 58.1 Å². The molecule has 0 bridgehead atoms. The largest absolute Gasteiger partial charge is 0.691 e. The second-order valence-electron chi connectivity index (χ2n) is 23.3. The summed E-state index contributed by atoms with van der Waals surface area (Å²) in [7, 11) is 0. The van der Waals surface area contributed by atoms with Gasteiger partial charge in [-0.3, -0.25) is 43.6 Å². The summed E-state index contributed by atoms with van der Waals surface area (Å²) in [5.74, 6) is -5.92. The quantitative estimate of drug-likeness (QED) is 0.0105. The van der Waals surface area contributed by atoms with E-state index in [4.69, 9.17) is 0 Å². The van der Waals surface area contributed by atoms with Gasteiger partial charge in [0.1, 0.15) is 42.5 Å². The van der Waals surface area contributed by atoms with Gasteiger partial charge in [-0.15, -0.1) is 0 Å². The lowest BCUT2D eigenvalue weighted by molar-refractivity contribution is -0.777. The molecule has 6 rings (SSSR count). The number of nitrogens with one attached hydrogen (secondary N) is 5. The van der Waals surface area contributed by atoms with Crippen LogP contribution in [0.1, 0.15) is 131 Å². The molecule has 472 valence electrons. The van der Waals surface area contributed by atoms with E-state index in [2.05, 4.69) is 102 Å². The van der Waals surface area contributed by atoms with Gasteiger partial charge in [-0.2, -0.15) is 13.2 Å². The minimum Gasteiger partial charge on any atom is -0.691 e. The molecule has 25 heteroatoms. The molecule has 0 aromatic heterocycles. The second kappa shape index (κ2) is 31.7. The Kier molecular flexibility index (Phi) is 25.1. The lowest BCUT2D eigenvalue weighted by atomic mass is 9.81. The normalized spacial score (nSPS) is 18.1. The average molecular weight is 1240 g/mol. The van der Waals surface area contributed by atoms with Crippen molar-refractivity contribution in [3.63, 3.8) is 0 Å². The van der Waals surface area contributed by atoms with Gasteiger partial charge in [-0.25, -0.2) is 0 Å². The van der Waals surface area contributed by atoms with E-state index in [1.807, 2.05) is 61.5 Å². The molecule has 7 N–H and O–H groups in total. The highest BCUT2D eigenvalue weighted by Gasteiger charge is 2.45. The number of carboxylic acid groups (broad SMARTS) is 1. The maximum atomic E-state index is 14.2. The smallest absolute Gasteiger partial charge is 0.305 e. The number of phenolic OH excluding ortho intramolecular Hbond substituents is 1. The molecule has 0 radical (unpaired) electrons. The zero-order valence-electron chi connectivity index (χ0n) is 50.8. The number of hydrogen-bond donors (Lipinski definition) is 7. The zero-order chi connectivity index (χ0) is 63.8. The molecule has 0 unspecified atom stereocenters. The van der Waals surface area contributed by atoms with E-state index < -0.39 is 83.5 Å². The van der Waals surface area contributed by atoms with Crippen LogP contribution in [0.25, 0.3) is 0 Å². The topological polar surface area (TPSA) is 313 Å². The fraction of sp³-hybridized carbons (Fsp3) is 0.484. The van der Waals surface area contributed by atoms with Gasteiger partial charge in [0.2, 0.25) is 41.1 Å². The van der Waals surface area contributed by atoms with Gasteiger partial charge >= 0.3 is 5.97 Å². The lowest BCUT2D eigenvalue weighted by Gasteiger charge is -2.28. The van der Waals surface area contributed by atoms with Crippen molar-refractivity contribution in [1.82, 2.24) is 31.5 Å². The predicted molar refractivity (Wildman–Crippen MR) is 323 cm³/mol. The number of aromatic hydroxyl groups is 1. The molecule has 1 fully saturated rings. The summed E-state index contributed by atoms with van der Waals surface area (Å²) in [5.41, 5.74) is 5.99. The van der Waals surface area contributed by atoms with Crippen LogP contribution in [0.5, 0.6) is 5.75 Å². The standard InChI is InChI=1S/C62H82N8O15S2/c1-11-68-49-29-27-43(86-84-82-80)34-45(49)61(7,8)51(68)20-14-12-15-21-52-62(9,10)46-35-44(87-85-83-81)28-30-50(46)70(52)31-17-13-16-22-53(72)65-47(33-41-23-25-42(71)26-24-41)58(77)67-55(37(2)3)59(78)63-39(5)56(75)66-48(36-54(73)74)57(76)64-40(6)60(79)69-32-18-19-38(69)4/h12,14-15,20-21,23-30,34-35,37-40,47-48,55H,11,13,16-19,22,31-33,36H2,1-10H3,(H8-,63,64,65,66,67,71,72,73,74,75,76,77,78,80,81)/p-1/t38-,39+,40+,47+,48+,55+/m1/s1.